The zero-order valence-corrected chi connectivity index (χ0v) is 20.6. The van der Waals surface area contributed by atoms with E-state index < -0.39 is 10.0 Å². The number of rotatable bonds is 4. The van der Waals surface area contributed by atoms with Crippen LogP contribution in [0.3, 0.4) is 0 Å². The Balaban J connectivity index is 1.61. The second-order valence-electron chi connectivity index (χ2n) is 9.51. The van der Waals surface area contributed by atoms with Crippen molar-refractivity contribution in [3.63, 3.8) is 0 Å². The van der Waals surface area contributed by atoms with E-state index in [1.54, 1.807) is 22.5 Å². The van der Waals surface area contributed by atoms with Crippen molar-refractivity contribution in [2.24, 2.45) is 5.92 Å². The summed E-state index contributed by atoms with van der Waals surface area (Å²) in [5.74, 6) is 6.80. The number of fused-ring (bicyclic) bond motifs is 1. The Kier molecular flexibility index (Phi) is 7.25. The Morgan fingerprint density at radius 2 is 1.82 bits per heavy atom. The number of nitrogens with zero attached hydrogens (tertiary/aromatic N) is 2. The maximum absolute atomic E-state index is 13.5. The predicted molar refractivity (Wildman–Crippen MR) is 131 cm³/mol. The molecule has 2 fully saturated rings. The highest BCUT2D eigenvalue weighted by molar-refractivity contribution is 7.89. The molecule has 176 valence electrons. The second kappa shape index (κ2) is 9.99. The van der Waals surface area contributed by atoms with Crippen LogP contribution in [0.4, 0.5) is 0 Å². The molecule has 1 N–H and O–H groups in total. The molecule has 0 spiro atoms. The largest absolute Gasteiger partial charge is 0.395 e. The van der Waals surface area contributed by atoms with Crippen LogP contribution in [0.5, 0.6) is 0 Å². The van der Waals surface area contributed by atoms with Crippen molar-refractivity contribution in [3.05, 3.63) is 65.2 Å². The van der Waals surface area contributed by atoms with Crippen molar-refractivity contribution in [1.29, 1.82) is 0 Å². The minimum atomic E-state index is -3.57. The molecule has 0 unspecified atom stereocenters. The molecule has 2 saturated heterocycles. The standard InChI is InChI=1S/C27H34N2O3S/c1-20(2)9-10-22-11-13-23(14-12-22)27-25-18-28(15-4-5-16-29(25)26(27)19-30)33(31,32)24-8-6-7-21(3)17-24/h6-8,11-14,17,20,25-27,30H,4-5,15-16,18-19H2,1-3H3/t25-,26-,27-/m0/s1. The summed E-state index contributed by atoms with van der Waals surface area (Å²) in [6, 6.07) is 15.5. The highest BCUT2D eigenvalue weighted by atomic mass is 32.2. The van der Waals surface area contributed by atoms with Crippen molar-refractivity contribution < 1.29 is 13.5 Å². The fourth-order valence-corrected chi connectivity index (χ4v) is 6.67. The van der Waals surface area contributed by atoms with Gasteiger partial charge >= 0.3 is 0 Å². The first-order valence-electron chi connectivity index (χ1n) is 11.9. The number of hydrogen-bond donors (Lipinski definition) is 1. The zero-order valence-electron chi connectivity index (χ0n) is 19.7. The average molecular weight is 467 g/mol. The lowest BCUT2D eigenvalue weighted by atomic mass is 9.74. The molecule has 0 aromatic heterocycles. The predicted octanol–water partition coefficient (Wildman–Crippen LogP) is 3.62. The molecule has 0 bridgehead atoms. The van der Waals surface area contributed by atoms with Gasteiger partial charge in [0.15, 0.2) is 0 Å². The summed E-state index contributed by atoms with van der Waals surface area (Å²) >= 11 is 0. The molecular formula is C27H34N2O3S. The Hall–Kier alpha value is -2.17. The maximum Gasteiger partial charge on any atom is 0.243 e. The highest BCUT2D eigenvalue weighted by Gasteiger charge is 2.50. The Bertz CT molecular complexity index is 1130. The zero-order chi connectivity index (χ0) is 23.6. The summed E-state index contributed by atoms with van der Waals surface area (Å²) in [6.07, 6.45) is 1.74. The van der Waals surface area contributed by atoms with Gasteiger partial charge < -0.3 is 5.11 Å². The molecule has 0 amide bonds. The van der Waals surface area contributed by atoms with E-state index in [4.69, 9.17) is 0 Å². The number of hydrogen-bond acceptors (Lipinski definition) is 4. The smallest absolute Gasteiger partial charge is 0.243 e. The summed E-state index contributed by atoms with van der Waals surface area (Å²) in [4.78, 5) is 2.66. The first kappa shape index (κ1) is 24.0. The summed E-state index contributed by atoms with van der Waals surface area (Å²) in [5.41, 5.74) is 3.05. The van der Waals surface area contributed by atoms with Crippen LogP contribution in [-0.2, 0) is 10.0 Å². The van der Waals surface area contributed by atoms with E-state index in [2.05, 4.69) is 42.7 Å². The monoisotopic (exact) mass is 466 g/mol. The third-order valence-corrected chi connectivity index (χ3v) is 8.62. The second-order valence-corrected chi connectivity index (χ2v) is 11.5. The van der Waals surface area contributed by atoms with E-state index in [9.17, 15) is 13.5 Å². The molecule has 4 rings (SSSR count). The van der Waals surface area contributed by atoms with Gasteiger partial charge in [0, 0.05) is 42.6 Å². The number of sulfonamides is 1. The van der Waals surface area contributed by atoms with Gasteiger partial charge in [-0.1, -0.05) is 50.0 Å². The van der Waals surface area contributed by atoms with E-state index >= 15 is 0 Å². The average Bonchev–Trinajstić information content (AvgIpc) is 2.77. The lowest BCUT2D eigenvalue weighted by molar-refractivity contribution is -0.0553. The number of benzene rings is 2. The van der Waals surface area contributed by atoms with E-state index in [1.807, 2.05) is 25.1 Å². The molecule has 2 aromatic carbocycles. The molecule has 33 heavy (non-hydrogen) atoms. The maximum atomic E-state index is 13.5. The van der Waals surface area contributed by atoms with Gasteiger partial charge in [-0.2, -0.15) is 4.31 Å². The molecule has 0 radical (unpaired) electrons. The van der Waals surface area contributed by atoms with Crippen molar-refractivity contribution in [1.82, 2.24) is 9.21 Å². The quantitative estimate of drug-likeness (QED) is 0.700. The molecule has 2 aromatic rings. The van der Waals surface area contributed by atoms with Crippen LogP contribution in [0, 0.1) is 24.7 Å². The van der Waals surface area contributed by atoms with Gasteiger partial charge in [-0.3, -0.25) is 4.90 Å². The van der Waals surface area contributed by atoms with Crippen LogP contribution in [-0.4, -0.2) is 61.1 Å². The first-order chi connectivity index (χ1) is 15.8. The summed E-state index contributed by atoms with van der Waals surface area (Å²) in [7, 11) is -3.57. The molecule has 2 aliphatic heterocycles. The van der Waals surface area contributed by atoms with Gasteiger partial charge in [-0.05, 0) is 61.7 Å². The molecular weight excluding hydrogens is 432 g/mol. The van der Waals surface area contributed by atoms with Crippen LogP contribution in [0.2, 0.25) is 0 Å². The van der Waals surface area contributed by atoms with Gasteiger partial charge in [0.25, 0.3) is 0 Å². The number of aryl methyl sites for hydroxylation is 1. The minimum absolute atomic E-state index is 0.0178. The highest BCUT2D eigenvalue weighted by Crippen LogP contribution is 2.42. The number of aliphatic hydroxyl groups excluding tert-OH is 1. The third kappa shape index (κ3) is 5.02. The normalized spacial score (nSPS) is 24.2. The van der Waals surface area contributed by atoms with Gasteiger partial charge in [0.05, 0.1) is 11.5 Å². The van der Waals surface area contributed by atoms with E-state index in [-0.39, 0.29) is 24.6 Å². The molecule has 0 aliphatic carbocycles. The molecule has 6 heteroatoms. The van der Waals surface area contributed by atoms with Crippen LogP contribution in [0.1, 0.15) is 49.3 Å². The van der Waals surface area contributed by atoms with E-state index in [0.29, 0.717) is 23.9 Å². The van der Waals surface area contributed by atoms with E-state index in [0.717, 1.165) is 36.1 Å². The molecule has 2 aliphatic rings. The van der Waals surface area contributed by atoms with Crippen LogP contribution >= 0.6 is 0 Å². The van der Waals surface area contributed by atoms with Crippen molar-refractivity contribution >= 4 is 10.0 Å². The first-order valence-corrected chi connectivity index (χ1v) is 13.3. The number of aliphatic hydroxyl groups is 1. The topological polar surface area (TPSA) is 60.9 Å². The SMILES string of the molecule is Cc1cccc(S(=O)(=O)N2CCCCN3[C@@H](CO)[C@@H](c4ccc(C#CC(C)C)cc4)[C@@H]3C2)c1. The van der Waals surface area contributed by atoms with Gasteiger partial charge in [0.1, 0.15) is 0 Å². The minimum Gasteiger partial charge on any atom is -0.395 e. The molecule has 0 saturated carbocycles. The van der Waals surface area contributed by atoms with Crippen molar-refractivity contribution in [3.8, 4) is 11.8 Å². The summed E-state index contributed by atoms with van der Waals surface area (Å²) < 4.78 is 28.6. The lowest BCUT2D eigenvalue weighted by Crippen LogP contribution is -2.67. The lowest BCUT2D eigenvalue weighted by Gasteiger charge is -2.57. The van der Waals surface area contributed by atoms with Gasteiger partial charge in [-0.25, -0.2) is 8.42 Å². The fraction of sp³-hybridized carbons (Fsp3) is 0.481. The van der Waals surface area contributed by atoms with Crippen LogP contribution in [0.25, 0.3) is 0 Å². The Morgan fingerprint density at radius 3 is 2.48 bits per heavy atom. The van der Waals surface area contributed by atoms with Crippen molar-refractivity contribution in [2.75, 3.05) is 26.2 Å². The summed E-state index contributed by atoms with van der Waals surface area (Å²) in [5, 5.41) is 10.2. The fourth-order valence-electron chi connectivity index (χ4n) is 5.07. The van der Waals surface area contributed by atoms with E-state index in [1.165, 1.54) is 0 Å². The molecule has 5 nitrogen and oxygen atoms in total. The third-order valence-electron chi connectivity index (χ3n) is 6.76. The van der Waals surface area contributed by atoms with Crippen LogP contribution in [0.15, 0.2) is 53.4 Å². The molecule has 3 atom stereocenters. The molecule has 2 heterocycles. The van der Waals surface area contributed by atoms with Crippen LogP contribution < -0.4 is 0 Å². The summed E-state index contributed by atoms with van der Waals surface area (Å²) in [6.45, 7) is 7.98. The van der Waals surface area contributed by atoms with Crippen molar-refractivity contribution in [2.45, 2.75) is 56.5 Å². The Morgan fingerprint density at radius 1 is 1.09 bits per heavy atom. The van der Waals surface area contributed by atoms with Gasteiger partial charge in [0.2, 0.25) is 10.0 Å². The Labute approximate surface area is 198 Å². The van der Waals surface area contributed by atoms with Gasteiger partial charge in [-0.15, -0.1) is 0 Å².